The van der Waals surface area contributed by atoms with Crippen molar-refractivity contribution in [2.75, 3.05) is 24.5 Å². The molecule has 3 aliphatic heterocycles. The van der Waals surface area contributed by atoms with Crippen LogP contribution < -0.4 is 15.5 Å². The second-order valence-electron chi connectivity index (χ2n) is 8.46. The van der Waals surface area contributed by atoms with Crippen LogP contribution in [0.3, 0.4) is 0 Å². The minimum atomic E-state index is -0.241. The Morgan fingerprint density at radius 3 is 2.90 bits per heavy atom. The number of hydrogen-bond acceptors (Lipinski definition) is 5. The van der Waals surface area contributed by atoms with E-state index in [9.17, 15) is 14.4 Å². The monoisotopic (exact) mass is 438 g/mol. The Labute approximate surface area is 185 Å². The number of rotatable bonds is 5. The van der Waals surface area contributed by atoms with Gasteiger partial charge in [0.15, 0.2) is 0 Å². The third kappa shape index (κ3) is 3.97. The molecule has 4 heterocycles. The van der Waals surface area contributed by atoms with Gasteiger partial charge in [-0.2, -0.15) is 0 Å². The van der Waals surface area contributed by atoms with Gasteiger partial charge in [-0.15, -0.1) is 11.3 Å². The van der Waals surface area contributed by atoms with Gasteiger partial charge in [-0.1, -0.05) is 24.3 Å². The molecule has 162 valence electrons. The molecule has 31 heavy (non-hydrogen) atoms. The normalized spacial score (nSPS) is 25.1. The van der Waals surface area contributed by atoms with Gasteiger partial charge < -0.3 is 15.5 Å². The Morgan fingerprint density at radius 1 is 1.19 bits per heavy atom. The molecule has 0 bridgehead atoms. The van der Waals surface area contributed by atoms with Crippen molar-refractivity contribution in [2.24, 2.45) is 0 Å². The Bertz CT molecular complexity index is 992. The molecule has 2 saturated heterocycles. The Kier molecular flexibility index (Phi) is 5.50. The number of anilines is 1. The van der Waals surface area contributed by atoms with E-state index in [1.165, 1.54) is 16.9 Å². The Balaban J connectivity index is 1.20. The van der Waals surface area contributed by atoms with E-state index in [0.29, 0.717) is 37.2 Å². The first-order valence-corrected chi connectivity index (χ1v) is 11.7. The summed E-state index contributed by atoms with van der Waals surface area (Å²) in [5, 5.41) is 7.95. The van der Waals surface area contributed by atoms with Crippen LogP contribution >= 0.6 is 11.3 Å². The van der Waals surface area contributed by atoms with Crippen molar-refractivity contribution in [3.05, 3.63) is 52.2 Å². The largest absolute Gasteiger partial charge is 0.353 e. The average molecular weight is 439 g/mol. The van der Waals surface area contributed by atoms with Gasteiger partial charge in [0.1, 0.15) is 0 Å². The van der Waals surface area contributed by atoms with Crippen molar-refractivity contribution < 1.29 is 14.4 Å². The number of amides is 3. The summed E-state index contributed by atoms with van der Waals surface area (Å²) in [4.78, 5) is 42.5. The van der Waals surface area contributed by atoms with E-state index in [-0.39, 0.29) is 35.8 Å². The topological polar surface area (TPSA) is 81.8 Å². The Morgan fingerprint density at radius 2 is 2.06 bits per heavy atom. The van der Waals surface area contributed by atoms with Crippen LogP contribution in [0.25, 0.3) is 0 Å². The van der Waals surface area contributed by atoms with E-state index in [1.807, 2.05) is 34.5 Å². The molecule has 0 radical (unpaired) electrons. The number of nitrogens with one attached hydrogen (secondary N) is 2. The van der Waals surface area contributed by atoms with Gasteiger partial charge in [0.25, 0.3) is 5.91 Å². The fourth-order valence-corrected chi connectivity index (χ4v) is 5.66. The molecule has 3 aliphatic rings. The second kappa shape index (κ2) is 8.43. The molecule has 3 atom stereocenters. The quantitative estimate of drug-likeness (QED) is 0.746. The van der Waals surface area contributed by atoms with Crippen LogP contribution in [0.2, 0.25) is 0 Å². The molecule has 2 fully saturated rings. The van der Waals surface area contributed by atoms with Crippen molar-refractivity contribution in [3.8, 4) is 0 Å². The fourth-order valence-electron chi connectivity index (χ4n) is 5.03. The van der Waals surface area contributed by atoms with E-state index in [1.54, 1.807) is 6.07 Å². The minimum Gasteiger partial charge on any atom is -0.353 e. The van der Waals surface area contributed by atoms with E-state index in [2.05, 4.69) is 21.6 Å². The zero-order chi connectivity index (χ0) is 21.4. The highest BCUT2D eigenvalue weighted by atomic mass is 32.1. The lowest BCUT2D eigenvalue weighted by Gasteiger charge is -2.37. The second-order valence-corrected chi connectivity index (χ2v) is 9.41. The molecule has 1 aromatic carbocycles. The van der Waals surface area contributed by atoms with Crippen LogP contribution in [0, 0.1) is 0 Å². The summed E-state index contributed by atoms with van der Waals surface area (Å²) in [6, 6.07) is 11.5. The highest BCUT2D eigenvalue weighted by molar-refractivity contribution is 7.12. The molecule has 1 aromatic heterocycles. The van der Waals surface area contributed by atoms with Crippen LogP contribution in [0.1, 0.15) is 34.5 Å². The van der Waals surface area contributed by atoms with Gasteiger partial charge in [0.05, 0.1) is 10.9 Å². The van der Waals surface area contributed by atoms with E-state index < -0.39 is 0 Å². The summed E-state index contributed by atoms with van der Waals surface area (Å²) < 4.78 is 0. The van der Waals surface area contributed by atoms with Crippen molar-refractivity contribution in [3.63, 3.8) is 0 Å². The molecule has 0 unspecified atom stereocenters. The number of thiophene rings is 1. The summed E-state index contributed by atoms with van der Waals surface area (Å²) in [6.07, 6.45) is 2.65. The smallest absolute Gasteiger partial charge is 0.261 e. The lowest BCUT2D eigenvalue weighted by molar-refractivity contribution is -0.129. The van der Waals surface area contributed by atoms with Crippen molar-refractivity contribution in [1.29, 1.82) is 0 Å². The van der Waals surface area contributed by atoms with Crippen LogP contribution in [0.4, 0.5) is 5.69 Å². The number of para-hydroxylation sites is 1. The standard InChI is InChI=1S/C23H26N4O3S/c28-21(26-10-9-15-4-1-2-5-18(15)26)8-7-17-13-24-22(29)19-12-16(14-27(17)19)25-23(30)20-6-3-11-31-20/h1-6,11,16-17,19H,7-10,12-14H2,(H,24,29)(H,25,30)/t16-,17+,19-/m0/s1. The Hall–Kier alpha value is -2.71. The molecule has 0 saturated carbocycles. The first kappa shape index (κ1) is 20.2. The SMILES string of the molecule is O=C(N[C@H]1C[C@H]2C(=O)NC[C@@H](CCC(=O)N3CCc4ccccc43)N2C1)c1cccs1. The number of benzene rings is 1. The predicted molar refractivity (Wildman–Crippen MR) is 119 cm³/mol. The summed E-state index contributed by atoms with van der Waals surface area (Å²) in [6.45, 7) is 1.92. The summed E-state index contributed by atoms with van der Waals surface area (Å²) >= 11 is 1.41. The number of fused-ring (bicyclic) bond motifs is 2. The van der Waals surface area contributed by atoms with E-state index >= 15 is 0 Å². The highest BCUT2D eigenvalue weighted by Crippen LogP contribution is 2.30. The molecule has 0 spiro atoms. The molecule has 2 aromatic rings. The van der Waals surface area contributed by atoms with Crippen molar-refractivity contribution >= 4 is 34.7 Å². The first-order chi connectivity index (χ1) is 15.1. The van der Waals surface area contributed by atoms with Crippen LogP contribution in [-0.4, -0.2) is 60.4 Å². The molecule has 8 heteroatoms. The summed E-state index contributed by atoms with van der Waals surface area (Å²) in [7, 11) is 0. The van der Waals surface area contributed by atoms with Gasteiger partial charge >= 0.3 is 0 Å². The van der Waals surface area contributed by atoms with Crippen LogP contribution in [0.5, 0.6) is 0 Å². The first-order valence-electron chi connectivity index (χ1n) is 10.9. The van der Waals surface area contributed by atoms with Gasteiger partial charge in [-0.3, -0.25) is 19.3 Å². The maximum Gasteiger partial charge on any atom is 0.261 e. The maximum absolute atomic E-state index is 12.9. The molecular weight excluding hydrogens is 412 g/mol. The third-order valence-corrected chi connectivity index (χ3v) is 7.45. The molecule has 5 rings (SSSR count). The summed E-state index contributed by atoms with van der Waals surface area (Å²) in [5.74, 6) is 0.0729. The highest BCUT2D eigenvalue weighted by Gasteiger charge is 2.44. The van der Waals surface area contributed by atoms with Gasteiger partial charge in [0, 0.05) is 43.8 Å². The number of hydrogen-bond donors (Lipinski definition) is 2. The summed E-state index contributed by atoms with van der Waals surface area (Å²) in [5.41, 5.74) is 2.25. The average Bonchev–Trinajstić information content (AvgIpc) is 3.52. The van der Waals surface area contributed by atoms with Crippen LogP contribution in [0.15, 0.2) is 41.8 Å². The number of carbonyl (C=O) groups is 3. The fraction of sp³-hybridized carbons (Fsp3) is 0.435. The number of carbonyl (C=O) groups excluding carboxylic acids is 3. The molecule has 7 nitrogen and oxygen atoms in total. The van der Waals surface area contributed by atoms with Gasteiger partial charge in [0.2, 0.25) is 11.8 Å². The van der Waals surface area contributed by atoms with Gasteiger partial charge in [-0.25, -0.2) is 0 Å². The van der Waals surface area contributed by atoms with E-state index in [0.717, 1.165) is 18.7 Å². The lowest BCUT2D eigenvalue weighted by atomic mass is 10.0. The predicted octanol–water partition coefficient (Wildman–Crippen LogP) is 1.79. The van der Waals surface area contributed by atoms with Crippen LogP contribution in [-0.2, 0) is 16.0 Å². The lowest BCUT2D eigenvalue weighted by Crippen LogP contribution is -2.58. The van der Waals surface area contributed by atoms with Crippen molar-refractivity contribution in [1.82, 2.24) is 15.5 Å². The van der Waals surface area contributed by atoms with E-state index in [4.69, 9.17) is 0 Å². The number of nitrogens with zero attached hydrogens (tertiary/aromatic N) is 2. The maximum atomic E-state index is 12.9. The molecule has 3 amide bonds. The van der Waals surface area contributed by atoms with Crippen molar-refractivity contribution in [2.45, 2.75) is 43.8 Å². The molecule has 0 aliphatic carbocycles. The molecular formula is C23H26N4O3S. The zero-order valence-electron chi connectivity index (χ0n) is 17.3. The minimum absolute atomic E-state index is 0.0175. The third-order valence-electron chi connectivity index (χ3n) is 6.58. The van der Waals surface area contributed by atoms with Gasteiger partial charge in [-0.05, 0) is 42.3 Å². The number of piperazine rings is 1. The molecule has 2 N–H and O–H groups in total. The zero-order valence-corrected chi connectivity index (χ0v) is 18.1.